The number of carbonyl (C=O) groups is 1. The highest BCUT2D eigenvalue weighted by Gasteiger charge is 2.07. The van der Waals surface area contributed by atoms with E-state index in [0.29, 0.717) is 17.3 Å². The SMILES string of the molecule is COc1cc(/C=C/C(=O)Nc2cc(C)ccn2)ccc1OC(C)C. The molecule has 5 nitrogen and oxygen atoms in total. The summed E-state index contributed by atoms with van der Waals surface area (Å²) in [4.78, 5) is 16.1. The lowest BCUT2D eigenvalue weighted by molar-refractivity contribution is -0.111. The molecule has 0 atom stereocenters. The first-order valence-electron chi connectivity index (χ1n) is 7.74. The summed E-state index contributed by atoms with van der Waals surface area (Å²) >= 11 is 0. The second-order valence-corrected chi connectivity index (χ2v) is 5.62. The molecule has 1 N–H and O–H groups in total. The van der Waals surface area contributed by atoms with Gasteiger partial charge in [-0.15, -0.1) is 0 Å². The molecule has 1 aromatic carbocycles. The van der Waals surface area contributed by atoms with Gasteiger partial charge in [0.15, 0.2) is 11.5 Å². The number of aryl methyl sites for hydroxylation is 1. The van der Waals surface area contributed by atoms with Crippen molar-refractivity contribution >= 4 is 17.8 Å². The van der Waals surface area contributed by atoms with Crippen molar-refractivity contribution in [2.24, 2.45) is 0 Å². The smallest absolute Gasteiger partial charge is 0.249 e. The van der Waals surface area contributed by atoms with E-state index in [4.69, 9.17) is 9.47 Å². The molecule has 0 spiro atoms. The Hall–Kier alpha value is -2.82. The van der Waals surface area contributed by atoms with Crippen LogP contribution in [0.15, 0.2) is 42.6 Å². The minimum Gasteiger partial charge on any atom is -0.493 e. The number of nitrogens with zero attached hydrogens (tertiary/aromatic N) is 1. The van der Waals surface area contributed by atoms with E-state index in [1.165, 1.54) is 6.08 Å². The van der Waals surface area contributed by atoms with E-state index in [9.17, 15) is 4.79 Å². The predicted molar refractivity (Wildman–Crippen MR) is 95.4 cm³/mol. The van der Waals surface area contributed by atoms with E-state index >= 15 is 0 Å². The standard InChI is InChI=1S/C19H22N2O3/c1-13(2)24-16-7-5-15(12-17(16)23-4)6-8-19(22)21-18-11-14(3)9-10-20-18/h5-13H,1-4H3,(H,20,21,22)/b8-6+. The first kappa shape index (κ1) is 17.5. The van der Waals surface area contributed by atoms with Gasteiger partial charge in [-0.3, -0.25) is 4.79 Å². The molecule has 126 valence electrons. The number of anilines is 1. The van der Waals surface area contributed by atoms with Crippen LogP contribution < -0.4 is 14.8 Å². The number of ether oxygens (including phenoxy) is 2. The third kappa shape index (κ3) is 5.12. The van der Waals surface area contributed by atoms with Crippen molar-refractivity contribution in [2.45, 2.75) is 26.9 Å². The van der Waals surface area contributed by atoms with Gasteiger partial charge in [-0.2, -0.15) is 0 Å². The van der Waals surface area contributed by atoms with Gasteiger partial charge in [0.2, 0.25) is 5.91 Å². The van der Waals surface area contributed by atoms with Gasteiger partial charge in [0, 0.05) is 12.3 Å². The van der Waals surface area contributed by atoms with E-state index in [2.05, 4.69) is 10.3 Å². The summed E-state index contributed by atoms with van der Waals surface area (Å²) in [6.07, 6.45) is 4.90. The highest BCUT2D eigenvalue weighted by Crippen LogP contribution is 2.29. The summed E-state index contributed by atoms with van der Waals surface area (Å²) in [6, 6.07) is 9.21. The summed E-state index contributed by atoms with van der Waals surface area (Å²) in [5.74, 6) is 1.60. The van der Waals surface area contributed by atoms with Gasteiger partial charge in [-0.05, 0) is 62.2 Å². The fraction of sp³-hybridized carbons (Fsp3) is 0.263. The lowest BCUT2D eigenvalue weighted by atomic mass is 10.2. The molecule has 0 radical (unpaired) electrons. The fourth-order valence-corrected chi connectivity index (χ4v) is 2.08. The van der Waals surface area contributed by atoms with Crippen LogP contribution in [0.25, 0.3) is 6.08 Å². The number of amides is 1. The zero-order chi connectivity index (χ0) is 17.5. The van der Waals surface area contributed by atoms with Crippen LogP contribution in [0, 0.1) is 6.92 Å². The Morgan fingerprint density at radius 3 is 2.67 bits per heavy atom. The first-order valence-corrected chi connectivity index (χ1v) is 7.74. The second-order valence-electron chi connectivity index (χ2n) is 5.62. The van der Waals surface area contributed by atoms with Gasteiger partial charge in [-0.25, -0.2) is 4.98 Å². The van der Waals surface area contributed by atoms with Crippen LogP contribution in [0.2, 0.25) is 0 Å². The van der Waals surface area contributed by atoms with E-state index < -0.39 is 0 Å². The molecule has 0 aliphatic rings. The molecule has 0 saturated carbocycles. The summed E-state index contributed by atoms with van der Waals surface area (Å²) in [5.41, 5.74) is 1.88. The Labute approximate surface area is 142 Å². The van der Waals surface area contributed by atoms with Crippen LogP contribution in [-0.4, -0.2) is 24.1 Å². The lowest BCUT2D eigenvalue weighted by Crippen LogP contribution is -2.09. The molecule has 2 aromatic rings. The highest BCUT2D eigenvalue weighted by molar-refractivity contribution is 6.01. The van der Waals surface area contributed by atoms with Crippen LogP contribution in [0.4, 0.5) is 5.82 Å². The maximum absolute atomic E-state index is 12.0. The Balaban J connectivity index is 2.06. The van der Waals surface area contributed by atoms with E-state index in [1.807, 2.05) is 51.1 Å². The zero-order valence-electron chi connectivity index (χ0n) is 14.4. The molecular weight excluding hydrogens is 304 g/mol. The molecule has 0 fully saturated rings. The summed E-state index contributed by atoms with van der Waals surface area (Å²) < 4.78 is 11.0. The average Bonchev–Trinajstić information content (AvgIpc) is 2.53. The molecule has 0 unspecified atom stereocenters. The number of carbonyl (C=O) groups excluding carboxylic acids is 1. The molecule has 0 aliphatic heterocycles. The number of aromatic nitrogens is 1. The van der Waals surface area contributed by atoms with Gasteiger partial charge in [-0.1, -0.05) is 6.07 Å². The van der Waals surface area contributed by atoms with Crippen LogP contribution in [-0.2, 0) is 4.79 Å². The maximum Gasteiger partial charge on any atom is 0.249 e. The molecule has 1 heterocycles. The molecule has 1 amide bonds. The minimum absolute atomic E-state index is 0.0629. The van der Waals surface area contributed by atoms with Crippen LogP contribution in [0.1, 0.15) is 25.0 Å². The number of pyridine rings is 1. The largest absolute Gasteiger partial charge is 0.493 e. The van der Waals surface area contributed by atoms with Gasteiger partial charge in [0.1, 0.15) is 5.82 Å². The monoisotopic (exact) mass is 326 g/mol. The maximum atomic E-state index is 12.0. The molecule has 5 heteroatoms. The highest BCUT2D eigenvalue weighted by atomic mass is 16.5. The molecular formula is C19H22N2O3. The Kier molecular flexibility index (Phi) is 5.95. The normalized spacial score (nSPS) is 10.9. The Bertz CT molecular complexity index is 739. The molecule has 1 aromatic heterocycles. The van der Waals surface area contributed by atoms with Crippen molar-refractivity contribution < 1.29 is 14.3 Å². The van der Waals surface area contributed by atoms with E-state index in [1.54, 1.807) is 19.4 Å². The van der Waals surface area contributed by atoms with Crippen LogP contribution in [0.3, 0.4) is 0 Å². The number of hydrogen-bond donors (Lipinski definition) is 1. The quantitative estimate of drug-likeness (QED) is 0.819. The van der Waals surface area contributed by atoms with E-state index in [-0.39, 0.29) is 12.0 Å². The third-order valence-electron chi connectivity index (χ3n) is 3.14. The van der Waals surface area contributed by atoms with Gasteiger partial charge >= 0.3 is 0 Å². The van der Waals surface area contributed by atoms with Crippen LogP contribution in [0.5, 0.6) is 11.5 Å². The summed E-state index contributed by atoms with van der Waals surface area (Å²) in [7, 11) is 1.59. The molecule has 0 saturated heterocycles. The Morgan fingerprint density at radius 1 is 1.21 bits per heavy atom. The van der Waals surface area contributed by atoms with Gasteiger partial charge in [0.05, 0.1) is 13.2 Å². The lowest BCUT2D eigenvalue weighted by Gasteiger charge is -2.13. The topological polar surface area (TPSA) is 60.5 Å². The van der Waals surface area contributed by atoms with Gasteiger partial charge < -0.3 is 14.8 Å². The number of benzene rings is 1. The van der Waals surface area contributed by atoms with Crippen molar-refractivity contribution in [3.05, 3.63) is 53.7 Å². The third-order valence-corrected chi connectivity index (χ3v) is 3.14. The number of hydrogen-bond acceptors (Lipinski definition) is 4. The van der Waals surface area contributed by atoms with Crippen molar-refractivity contribution in [3.8, 4) is 11.5 Å². The number of rotatable bonds is 6. The van der Waals surface area contributed by atoms with Crippen LogP contribution >= 0.6 is 0 Å². The summed E-state index contributed by atoms with van der Waals surface area (Å²) in [5, 5.41) is 2.73. The van der Waals surface area contributed by atoms with Crippen molar-refractivity contribution in [2.75, 3.05) is 12.4 Å². The van der Waals surface area contributed by atoms with Gasteiger partial charge in [0.25, 0.3) is 0 Å². The van der Waals surface area contributed by atoms with Crippen molar-refractivity contribution in [1.82, 2.24) is 4.98 Å². The minimum atomic E-state index is -0.241. The van der Waals surface area contributed by atoms with Crippen molar-refractivity contribution in [3.63, 3.8) is 0 Å². The average molecular weight is 326 g/mol. The summed E-state index contributed by atoms with van der Waals surface area (Å²) in [6.45, 7) is 5.86. The second kappa shape index (κ2) is 8.15. The fourth-order valence-electron chi connectivity index (χ4n) is 2.08. The van der Waals surface area contributed by atoms with Crippen molar-refractivity contribution in [1.29, 1.82) is 0 Å². The predicted octanol–water partition coefficient (Wildman–Crippen LogP) is 3.84. The molecule has 0 aliphatic carbocycles. The molecule has 2 rings (SSSR count). The zero-order valence-corrected chi connectivity index (χ0v) is 14.4. The first-order chi connectivity index (χ1) is 11.5. The Morgan fingerprint density at radius 2 is 2.00 bits per heavy atom. The number of nitrogens with one attached hydrogen (secondary N) is 1. The molecule has 24 heavy (non-hydrogen) atoms. The number of methoxy groups -OCH3 is 1. The molecule has 0 bridgehead atoms. The van der Waals surface area contributed by atoms with E-state index in [0.717, 1.165) is 11.1 Å².